The van der Waals surface area contributed by atoms with Crippen molar-refractivity contribution in [2.45, 2.75) is 38.7 Å². The summed E-state index contributed by atoms with van der Waals surface area (Å²) in [6.07, 6.45) is 4.79. The van der Waals surface area contributed by atoms with E-state index in [9.17, 15) is 5.11 Å². The molecule has 1 aliphatic heterocycles. The molecule has 2 aromatic heterocycles. The SMILES string of the molecule is CC[C@H]1O[C@@H](n2cnc3cncnc32)[C@H](O)[C@@H]1C. The van der Waals surface area contributed by atoms with Crippen molar-refractivity contribution >= 4 is 11.2 Å². The van der Waals surface area contributed by atoms with E-state index >= 15 is 0 Å². The van der Waals surface area contributed by atoms with E-state index in [0.717, 1.165) is 6.42 Å². The lowest BCUT2D eigenvalue weighted by atomic mass is 9.99. The zero-order valence-electron chi connectivity index (χ0n) is 10.4. The molecule has 3 heterocycles. The van der Waals surface area contributed by atoms with E-state index in [-0.39, 0.29) is 12.0 Å². The average Bonchev–Trinajstić information content (AvgIpc) is 2.93. The van der Waals surface area contributed by atoms with Crippen molar-refractivity contribution in [3.63, 3.8) is 0 Å². The van der Waals surface area contributed by atoms with Gasteiger partial charge in [0, 0.05) is 5.92 Å². The van der Waals surface area contributed by atoms with Crippen molar-refractivity contribution in [1.82, 2.24) is 19.5 Å². The van der Waals surface area contributed by atoms with Crippen LogP contribution in [0.3, 0.4) is 0 Å². The molecule has 1 aliphatic rings. The van der Waals surface area contributed by atoms with Gasteiger partial charge in [-0.05, 0) is 6.42 Å². The molecule has 6 nitrogen and oxygen atoms in total. The zero-order valence-corrected chi connectivity index (χ0v) is 10.4. The van der Waals surface area contributed by atoms with Gasteiger partial charge in [-0.2, -0.15) is 0 Å². The molecule has 0 aliphatic carbocycles. The molecule has 0 bridgehead atoms. The van der Waals surface area contributed by atoms with Crippen LogP contribution in [0.4, 0.5) is 0 Å². The molecule has 1 N–H and O–H groups in total. The van der Waals surface area contributed by atoms with Gasteiger partial charge in [0.2, 0.25) is 0 Å². The minimum atomic E-state index is -0.540. The summed E-state index contributed by atoms with van der Waals surface area (Å²) >= 11 is 0. The highest BCUT2D eigenvalue weighted by Gasteiger charge is 2.41. The predicted molar refractivity (Wildman–Crippen MR) is 64.7 cm³/mol. The molecule has 1 saturated heterocycles. The number of hydrogen-bond acceptors (Lipinski definition) is 5. The van der Waals surface area contributed by atoms with Gasteiger partial charge in [0.15, 0.2) is 11.9 Å². The maximum Gasteiger partial charge on any atom is 0.165 e. The number of ether oxygens (including phenoxy) is 1. The first-order valence-corrected chi connectivity index (χ1v) is 6.18. The Morgan fingerprint density at radius 1 is 1.44 bits per heavy atom. The number of aliphatic hydroxyl groups is 1. The summed E-state index contributed by atoms with van der Waals surface area (Å²) in [5, 5.41) is 10.3. The molecular weight excluding hydrogens is 232 g/mol. The predicted octanol–water partition coefficient (Wildman–Crippen LogP) is 1.13. The summed E-state index contributed by atoms with van der Waals surface area (Å²) in [6.45, 7) is 4.07. The molecule has 0 radical (unpaired) electrons. The van der Waals surface area contributed by atoms with Crippen molar-refractivity contribution in [1.29, 1.82) is 0 Å². The van der Waals surface area contributed by atoms with Crippen LogP contribution in [0.25, 0.3) is 11.2 Å². The molecule has 2 aromatic rings. The van der Waals surface area contributed by atoms with Crippen molar-refractivity contribution in [2.75, 3.05) is 0 Å². The Morgan fingerprint density at radius 2 is 2.28 bits per heavy atom. The zero-order chi connectivity index (χ0) is 12.7. The molecule has 96 valence electrons. The van der Waals surface area contributed by atoms with Crippen LogP contribution in [0.2, 0.25) is 0 Å². The molecule has 1 fully saturated rings. The second kappa shape index (κ2) is 4.29. The van der Waals surface area contributed by atoms with Crippen molar-refractivity contribution in [2.24, 2.45) is 5.92 Å². The van der Waals surface area contributed by atoms with E-state index in [0.29, 0.717) is 11.2 Å². The third-order valence-electron chi connectivity index (χ3n) is 3.65. The minimum Gasteiger partial charge on any atom is -0.388 e. The molecule has 0 saturated carbocycles. The molecular formula is C12H16N4O2. The number of fused-ring (bicyclic) bond motifs is 1. The molecule has 3 rings (SSSR count). The van der Waals surface area contributed by atoms with Crippen LogP contribution >= 0.6 is 0 Å². The molecule has 18 heavy (non-hydrogen) atoms. The first-order valence-electron chi connectivity index (χ1n) is 6.18. The topological polar surface area (TPSA) is 73.1 Å². The molecule has 0 amide bonds. The lowest BCUT2D eigenvalue weighted by Crippen LogP contribution is -2.24. The van der Waals surface area contributed by atoms with E-state index in [4.69, 9.17) is 4.74 Å². The van der Waals surface area contributed by atoms with Crippen LogP contribution in [0.15, 0.2) is 18.9 Å². The molecule has 0 spiro atoms. The van der Waals surface area contributed by atoms with E-state index in [1.165, 1.54) is 6.33 Å². The van der Waals surface area contributed by atoms with Crippen LogP contribution in [0, 0.1) is 5.92 Å². The molecule has 6 heteroatoms. The highest BCUT2D eigenvalue weighted by molar-refractivity contribution is 5.68. The van der Waals surface area contributed by atoms with Crippen molar-refractivity contribution in [3.05, 3.63) is 18.9 Å². The summed E-state index contributed by atoms with van der Waals surface area (Å²) < 4.78 is 7.69. The smallest absolute Gasteiger partial charge is 0.165 e. The minimum absolute atomic E-state index is 0.0734. The third kappa shape index (κ3) is 1.60. The van der Waals surface area contributed by atoms with E-state index in [1.807, 2.05) is 6.92 Å². The van der Waals surface area contributed by atoms with Gasteiger partial charge in [-0.25, -0.2) is 15.0 Å². The summed E-state index contributed by atoms with van der Waals surface area (Å²) in [5.74, 6) is 0.110. The summed E-state index contributed by atoms with van der Waals surface area (Å²) in [7, 11) is 0. The normalized spacial score (nSPS) is 32.2. The molecule has 0 aromatic carbocycles. The maximum absolute atomic E-state index is 10.3. The highest BCUT2D eigenvalue weighted by Crippen LogP contribution is 2.36. The highest BCUT2D eigenvalue weighted by atomic mass is 16.5. The summed E-state index contributed by atoms with van der Waals surface area (Å²) in [6, 6.07) is 0. The number of imidazole rings is 1. The molecule has 4 atom stereocenters. The van der Waals surface area contributed by atoms with E-state index in [2.05, 4.69) is 21.9 Å². The Kier molecular flexibility index (Phi) is 2.76. The Balaban J connectivity index is 2.00. The Hall–Kier alpha value is -1.53. The number of rotatable bonds is 2. The van der Waals surface area contributed by atoms with Gasteiger partial charge in [0.25, 0.3) is 0 Å². The Morgan fingerprint density at radius 3 is 3.00 bits per heavy atom. The fourth-order valence-electron chi connectivity index (χ4n) is 2.53. The van der Waals surface area contributed by atoms with Gasteiger partial charge in [0.1, 0.15) is 17.9 Å². The standard InChI is InChI=1S/C12H16N4O2/c1-3-9-7(2)10(17)12(18-9)16-6-15-8-4-13-5-14-11(8)16/h4-7,9-10,12,17H,3H2,1-2H3/t7-,9-,10-,12-/m1/s1. The quantitative estimate of drug-likeness (QED) is 0.862. The maximum atomic E-state index is 10.3. The third-order valence-corrected chi connectivity index (χ3v) is 3.65. The van der Waals surface area contributed by atoms with Crippen LogP contribution in [0.5, 0.6) is 0 Å². The van der Waals surface area contributed by atoms with Crippen molar-refractivity contribution in [3.8, 4) is 0 Å². The first-order chi connectivity index (χ1) is 8.72. The number of nitrogens with zero attached hydrogens (tertiary/aromatic N) is 4. The van der Waals surface area contributed by atoms with Crippen molar-refractivity contribution < 1.29 is 9.84 Å². The van der Waals surface area contributed by atoms with Gasteiger partial charge < -0.3 is 9.84 Å². The Bertz CT molecular complexity index is 556. The van der Waals surface area contributed by atoms with E-state index < -0.39 is 12.3 Å². The first kappa shape index (κ1) is 11.6. The number of hydrogen-bond donors (Lipinski definition) is 1. The number of aromatic nitrogens is 4. The fourth-order valence-corrected chi connectivity index (χ4v) is 2.53. The average molecular weight is 248 g/mol. The van der Waals surface area contributed by atoms with E-state index in [1.54, 1.807) is 17.1 Å². The Labute approximate surface area is 105 Å². The van der Waals surface area contributed by atoms with Crippen LogP contribution in [-0.4, -0.2) is 36.8 Å². The van der Waals surface area contributed by atoms with Gasteiger partial charge in [-0.3, -0.25) is 4.57 Å². The van der Waals surface area contributed by atoms with Gasteiger partial charge in [-0.15, -0.1) is 0 Å². The fraction of sp³-hybridized carbons (Fsp3) is 0.583. The summed E-state index contributed by atoms with van der Waals surface area (Å²) in [5.41, 5.74) is 1.40. The largest absolute Gasteiger partial charge is 0.388 e. The molecule has 0 unspecified atom stereocenters. The second-order valence-corrected chi connectivity index (χ2v) is 4.71. The second-order valence-electron chi connectivity index (χ2n) is 4.71. The lowest BCUT2D eigenvalue weighted by molar-refractivity contribution is -0.0355. The number of aliphatic hydroxyl groups excluding tert-OH is 1. The van der Waals surface area contributed by atoms with Crippen LogP contribution in [0.1, 0.15) is 26.5 Å². The van der Waals surface area contributed by atoms with Crippen LogP contribution < -0.4 is 0 Å². The van der Waals surface area contributed by atoms with Gasteiger partial charge in [0.05, 0.1) is 18.6 Å². The monoisotopic (exact) mass is 248 g/mol. The van der Waals surface area contributed by atoms with Gasteiger partial charge in [-0.1, -0.05) is 13.8 Å². The lowest BCUT2D eigenvalue weighted by Gasteiger charge is -2.16. The van der Waals surface area contributed by atoms with Gasteiger partial charge >= 0.3 is 0 Å². The van der Waals surface area contributed by atoms with Crippen LogP contribution in [-0.2, 0) is 4.74 Å². The summed E-state index contributed by atoms with van der Waals surface area (Å²) in [4.78, 5) is 12.3.